The minimum atomic E-state index is -0.243. The second kappa shape index (κ2) is 7.17. The molecule has 108 valence electrons. The van der Waals surface area contributed by atoms with Gasteiger partial charge in [-0.3, -0.25) is 4.79 Å². The smallest absolute Gasteiger partial charge is 0.265 e. The van der Waals surface area contributed by atoms with Crippen molar-refractivity contribution < 1.29 is 9.53 Å². The van der Waals surface area contributed by atoms with Crippen molar-refractivity contribution >= 4 is 39.5 Å². The van der Waals surface area contributed by atoms with E-state index in [2.05, 4.69) is 20.6 Å². The second-order valence-corrected chi connectivity index (χ2v) is 5.53. The van der Waals surface area contributed by atoms with E-state index in [4.69, 9.17) is 10.5 Å². The first-order valence-corrected chi connectivity index (χ1v) is 7.61. The Hall–Kier alpha value is -1.71. The molecule has 0 unspecified atom stereocenters. The maximum atomic E-state index is 12.0. The van der Waals surface area contributed by atoms with Crippen molar-refractivity contribution in [3.8, 4) is 0 Å². The maximum absolute atomic E-state index is 12.0. The molecule has 9 heteroatoms. The number of hydrogen-bond acceptors (Lipinski definition) is 8. The van der Waals surface area contributed by atoms with Crippen molar-refractivity contribution in [2.45, 2.75) is 6.54 Å². The van der Waals surface area contributed by atoms with Crippen LogP contribution >= 0.6 is 22.7 Å². The van der Waals surface area contributed by atoms with Crippen LogP contribution in [0.1, 0.15) is 15.4 Å². The second-order valence-electron chi connectivity index (χ2n) is 3.82. The number of carbonyl (C=O) groups is 1. The summed E-state index contributed by atoms with van der Waals surface area (Å²) in [5, 5.41) is 8.30. The van der Waals surface area contributed by atoms with Gasteiger partial charge >= 0.3 is 0 Å². The molecule has 0 aliphatic rings. The lowest BCUT2D eigenvalue weighted by Crippen LogP contribution is -2.22. The van der Waals surface area contributed by atoms with Gasteiger partial charge in [0.25, 0.3) is 5.91 Å². The molecule has 0 aromatic carbocycles. The van der Waals surface area contributed by atoms with E-state index in [1.807, 2.05) is 5.38 Å². The summed E-state index contributed by atoms with van der Waals surface area (Å²) in [5.74, 6) is -0.0153. The van der Waals surface area contributed by atoms with Crippen LogP contribution in [-0.2, 0) is 11.3 Å². The number of methoxy groups -OCH3 is 1. The van der Waals surface area contributed by atoms with Gasteiger partial charge in [0.2, 0.25) is 0 Å². The third-order valence-electron chi connectivity index (χ3n) is 2.36. The molecule has 0 saturated carbocycles. The van der Waals surface area contributed by atoms with Gasteiger partial charge in [-0.25, -0.2) is 9.97 Å². The van der Waals surface area contributed by atoms with Gasteiger partial charge < -0.3 is 21.1 Å². The fourth-order valence-electron chi connectivity index (χ4n) is 1.41. The van der Waals surface area contributed by atoms with E-state index in [9.17, 15) is 4.79 Å². The predicted molar refractivity (Wildman–Crippen MR) is 80.2 cm³/mol. The van der Waals surface area contributed by atoms with Gasteiger partial charge in [-0.2, -0.15) is 0 Å². The number of rotatable bonds is 7. The number of ether oxygens (including phenoxy) is 1. The fraction of sp³-hybridized carbons (Fsp3) is 0.364. The SMILES string of the molecule is COCCNc1nc(N)c(C(=O)NCc2cscn2)s1. The van der Waals surface area contributed by atoms with Crippen LogP contribution in [0.15, 0.2) is 10.9 Å². The molecule has 0 aliphatic carbocycles. The molecule has 0 atom stereocenters. The van der Waals surface area contributed by atoms with Crippen molar-refractivity contribution in [1.29, 1.82) is 0 Å². The molecule has 2 aromatic rings. The zero-order valence-corrected chi connectivity index (χ0v) is 12.5. The summed E-state index contributed by atoms with van der Waals surface area (Å²) in [4.78, 5) is 20.6. The Bertz CT molecular complexity index is 555. The van der Waals surface area contributed by atoms with Crippen LogP contribution in [0.5, 0.6) is 0 Å². The Morgan fingerprint density at radius 3 is 3.10 bits per heavy atom. The summed E-state index contributed by atoms with van der Waals surface area (Å²) in [6.45, 7) is 1.56. The van der Waals surface area contributed by atoms with Gasteiger partial charge in [-0.1, -0.05) is 11.3 Å². The van der Waals surface area contributed by atoms with Crippen LogP contribution in [0.2, 0.25) is 0 Å². The number of nitrogens with one attached hydrogen (secondary N) is 2. The monoisotopic (exact) mass is 313 g/mol. The molecule has 2 aromatic heterocycles. The van der Waals surface area contributed by atoms with Gasteiger partial charge in [0, 0.05) is 19.0 Å². The van der Waals surface area contributed by atoms with Gasteiger partial charge in [0.1, 0.15) is 10.7 Å². The van der Waals surface area contributed by atoms with Crippen molar-refractivity contribution in [2.75, 3.05) is 31.3 Å². The number of thiazole rings is 2. The van der Waals surface area contributed by atoms with Crippen LogP contribution in [-0.4, -0.2) is 36.1 Å². The minimum absolute atomic E-state index is 0.227. The number of nitrogens with two attached hydrogens (primary N) is 1. The molecule has 0 fully saturated rings. The van der Waals surface area contributed by atoms with E-state index >= 15 is 0 Å². The molecule has 20 heavy (non-hydrogen) atoms. The van der Waals surface area contributed by atoms with E-state index in [1.54, 1.807) is 12.6 Å². The quantitative estimate of drug-likeness (QED) is 0.663. The van der Waals surface area contributed by atoms with Crippen LogP contribution in [0.25, 0.3) is 0 Å². The lowest BCUT2D eigenvalue weighted by atomic mass is 10.4. The fourth-order valence-corrected chi connectivity index (χ4v) is 2.79. The van der Waals surface area contributed by atoms with Gasteiger partial charge in [-0.15, -0.1) is 11.3 Å². The molecule has 2 rings (SSSR count). The highest BCUT2D eigenvalue weighted by atomic mass is 32.1. The number of hydrogen-bond donors (Lipinski definition) is 3. The molecule has 0 radical (unpaired) electrons. The number of aromatic nitrogens is 2. The van der Waals surface area contributed by atoms with Crippen molar-refractivity contribution in [3.05, 3.63) is 21.5 Å². The first kappa shape index (κ1) is 14.7. The Morgan fingerprint density at radius 2 is 2.40 bits per heavy atom. The van der Waals surface area contributed by atoms with Crippen LogP contribution in [0, 0.1) is 0 Å². The van der Waals surface area contributed by atoms with Crippen LogP contribution in [0.3, 0.4) is 0 Å². The highest BCUT2D eigenvalue weighted by molar-refractivity contribution is 7.18. The summed E-state index contributed by atoms with van der Waals surface area (Å²) in [6, 6.07) is 0. The maximum Gasteiger partial charge on any atom is 0.265 e. The van der Waals surface area contributed by atoms with Crippen molar-refractivity contribution in [2.24, 2.45) is 0 Å². The summed E-state index contributed by atoms with van der Waals surface area (Å²) >= 11 is 2.71. The molecule has 7 nitrogen and oxygen atoms in total. The minimum Gasteiger partial charge on any atom is -0.383 e. The zero-order valence-electron chi connectivity index (χ0n) is 10.9. The molecule has 4 N–H and O–H groups in total. The van der Waals surface area contributed by atoms with Gasteiger partial charge in [0.15, 0.2) is 5.13 Å². The average molecular weight is 313 g/mol. The zero-order chi connectivity index (χ0) is 14.4. The summed E-state index contributed by atoms with van der Waals surface area (Å²) in [6.07, 6.45) is 0. The van der Waals surface area contributed by atoms with E-state index in [0.29, 0.717) is 29.7 Å². The molecule has 0 aliphatic heterocycles. The van der Waals surface area contributed by atoms with Gasteiger partial charge in [0.05, 0.1) is 24.4 Å². The molecule has 2 heterocycles. The molecular weight excluding hydrogens is 298 g/mol. The summed E-state index contributed by atoms with van der Waals surface area (Å²) < 4.78 is 4.93. The lowest BCUT2D eigenvalue weighted by Gasteiger charge is -2.01. The van der Waals surface area contributed by atoms with Crippen molar-refractivity contribution in [1.82, 2.24) is 15.3 Å². The number of nitrogens with zero attached hydrogens (tertiary/aromatic N) is 2. The van der Waals surface area contributed by atoms with E-state index < -0.39 is 0 Å². The molecular formula is C11H15N5O2S2. The largest absolute Gasteiger partial charge is 0.383 e. The highest BCUT2D eigenvalue weighted by Gasteiger charge is 2.16. The van der Waals surface area contributed by atoms with E-state index in [1.165, 1.54) is 22.7 Å². The predicted octanol–water partition coefficient (Wildman–Crippen LogP) is 1.17. The topological polar surface area (TPSA) is 102 Å². The number of carbonyl (C=O) groups excluding carboxylic acids is 1. The first-order chi connectivity index (χ1) is 9.70. The number of anilines is 2. The first-order valence-electron chi connectivity index (χ1n) is 5.85. The molecule has 0 saturated heterocycles. The normalized spacial score (nSPS) is 10.4. The third kappa shape index (κ3) is 3.89. The third-order valence-corrected chi connectivity index (χ3v) is 4.02. The lowest BCUT2D eigenvalue weighted by molar-refractivity contribution is 0.0955. The Labute approximate surface area is 124 Å². The Morgan fingerprint density at radius 1 is 1.55 bits per heavy atom. The van der Waals surface area contributed by atoms with Crippen LogP contribution < -0.4 is 16.4 Å². The average Bonchev–Trinajstić information content (AvgIpc) is 3.06. The number of nitrogen functional groups attached to an aromatic ring is 1. The highest BCUT2D eigenvalue weighted by Crippen LogP contribution is 2.24. The standard InChI is InChI=1S/C11H15N5O2S2/c1-18-3-2-13-11-16-9(12)8(20-11)10(17)14-4-7-5-19-6-15-7/h5-6H,2-4,12H2,1H3,(H,13,16)(H,14,17). The van der Waals surface area contributed by atoms with Gasteiger partial charge in [-0.05, 0) is 0 Å². The molecule has 1 amide bonds. The number of amides is 1. The Kier molecular flexibility index (Phi) is 5.27. The Balaban J connectivity index is 1.92. The van der Waals surface area contributed by atoms with E-state index in [0.717, 1.165) is 5.69 Å². The van der Waals surface area contributed by atoms with E-state index in [-0.39, 0.29) is 11.7 Å². The summed E-state index contributed by atoms with van der Waals surface area (Å²) in [7, 11) is 1.62. The molecule has 0 spiro atoms. The molecule has 0 bridgehead atoms. The van der Waals surface area contributed by atoms with Crippen LogP contribution in [0.4, 0.5) is 10.9 Å². The summed E-state index contributed by atoms with van der Waals surface area (Å²) in [5.41, 5.74) is 8.30. The van der Waals surface area contributed by atoms with Crippen molar-refractivity contribution in [3.63, 3.8) is 0 Å².